The standard InChI is InChI=1S/C33H27N3O3/c1-19-12-15-26-24(17-19)33(31(39)35-26)32(23-9-4-5-10-25(23)34-30(32)38)28(27-11-6-16-36(27)33)29(37)22-14-13-20-7-2-3-8-21(20)18-22/h2-5,7-10,12-15,17-18,27-28H,6,11,16H2,1H3,(H,34,38)(H,35,39)/t27-,28+,32+,33-/m1/s1. The van der Waals surface area contributed by atoms with Gasteiger partial charge in [-0.15, -0.1) is 0 Å². The largest absolute Gasteiger partial charge is 0.325 e. The Kier molecular flexibility index (Phi) is 4.44. The number of anilines is 2. The lowest BCUT2D eigenvalue weighted by Gasteiger charge is -2.43. The van der Waals surface area contributed by atoms with Gasteiger partial charge in [0.25, 0.3) is 5.91 Å². The number of fused-ring (bicyclic) bond motifs is 8. The third-order valence-electron chi connectivity index (χ3n) is 9.57. The van der Waals surface area contributed by atoms with Crippen LogP contribution in [-0.2, 0) is 20.5 Å². The summed E-state index contributed by atoms with van der Waals surface area (Å²) in [6, 6.07) is 27.0. The monoisotopic (exact) mass is 513 g/mol. The van der Waals surface area contributed by atoms with Crippen molar-refractivity contribution < 1.29 is 14.4 Å². The molecule has 2 fully saturated rings. The summed E-state index contributed by atoms with van der Waals surface area (Å²) in [6.45, 7) is 2.64. The summed E-state index contributed by atoms with van der Waals surface area (Å²) in [5.74, 6) is -1.32. The molecule has 2 saturated heterocycles. The van der Waals surface area contributed by atoms with E-state index in [0.717, 1.165) is 40.3 Å². The molecule has 0 saturated carbocycles. The van der Waals surface area contributed by atoms with Crippen LogP contribution >= 0.6 is 0 Å². The maximum atomic E-state index is 14.8. The van der Waals surface area contributed by atoms with Gasteiger partial charge < -0.3 is 10.6 Å². The van der Waals surface area contributed by atoms with Crippen molar-refractivity contribution in [3.8, 4) is 0 Å². The second kappa shape index (κ2) is 7.64. The van der Waals surface area contributed by atoms with Crippen LogP contribution < -0.4 is 10.6 Å². The van der Waals surface area contributed by atoms with Crippen LogP contribution in [0.1, 0.15) is 39.9 Å². The van der Waals surface area contributed by atoms with Crippen LogP contribution in [0.3, 0.4) is 0 Å². The Morgan fingerprint density at radius 1 is 0.821 bits per heavy atom. The molecule has 192 valence electrons. The molecule has 0 aromatic heterocycles. The highest BCUT2D eigenvalue weighted by Gasteiger charge is 2.81. The summed E-state index contributed by atoms with van der Waals surface area (Å²) in [5, 5.41) is 8.26. The van der Waals surface area contributed by atoms with Crippen molar-refractivity contribution in [2.45, 2.75) is 36.8 Å². The van der Waals surface area contributed by atoms with Gasteiger partial charge in [0.2, 0.25) is 5.91 Å². The highest BCUT2D eigenvalue weighted by atomic mass is 16.2. The first kappa shape index (κ1) is 22.7. The maximum Gasteiger partial charge on any atom is 0.251 e. The zero-order valence-corrected chi connectivity index (χ0v) is 21.5. The molecule has 4 aliphatic rings. The smallest absolute Gasteiger partial charge is 0.251 e. The van der Waals surface area contributed by atoms with E-state index >= 15 is 0 Å². The van der Waals surface area contributed by atoms with Crippen LogP contribution in [0, 0.1) is 12.8 Å². The number of rotatable bonds is 2. The minimum absolute atomic E-state index is 0.0877. The summed E-state index contributed by atoms with van der Waals surface area (Å²) in [7, 11) is 0. The molecule has 0 radical (unpaired) electrons. The van der Waals surface area contributed by atoms with Gasteiger partial charge >= 0.3 is 0 Å². The molecule has 8 rings (SSSR count). The zero-order valence-electron chi connectivity index (χ0n) is 21.5. The van der Waals surface area contributed by atoms with E-state index in [1.807, 2.05) is 91.9 Å². The predicted molar refractivity (Wildman–Crippen MR) is 150 cm³/mol. The molecule has 6 heteroatoms. The topological polar surface area (TPSA) is 78.5 Å². The summed E-state index contributed by atoms with van der Waals surface area (Å²) < 4.78 is 0. The number of para-hydroxylation sites is 1. The van der Waals surface area contributed by atoms with Gasteiger partial charge in [0.15, 0.2) is 5.78 Å². The van der Waals surface area contributed by atoms with Crippen LogP contribution in [-0.4, -0.2) is 35.1 Å². The lowest BCUT2D eigenvalue weighted by Crippen LogP contribution is -2.62. The fourth-order valence-corrected chi connectivity index (χ4v) is 8.21. The average molecular weight is 514 g/mol. The number of carbonyl (C=O) groups excluding carboxylic acids is 3. The Balaban J connectivity index is 1.45. The van der Waals surface area contributed by atoms with E-state index in [0.29, 0.717) is 23.5 Å². The van der Waals surface area contributed by atoms with E-state index in [1.165, 1.54) is 0 Å². The van der Waals surface area contributed by atoms with Gasteiger partial charge in [-0.3, -0.25) is 19.3 Å². The van der Waals surface area contributed by atoms with Gasteiger partial charge in [-0.05, 0) is 60.8 Å². The second-order valence-corrected chi connectivity index (χ2v) is 11.3. The molecule has 4 aromatic rings. The molecule has 4 aromatic carbocycles. The van der Waals surface area contributed by atoms with Gasteiger partial charge in [-0.25, -0.2) is 0 Å². The number of hydrogen-bond donors (Lipinski definition) is 2. The molecule has 4 aliphatic heterocycles. The van der Waals surface area contributed by atoms with Crippen LogP contribution in [0.2, 0.25) is 0 Å². The van der Waals surface area contributed by atoms with Crippen LogP contribution in [0.5, 0.6) is 0 Å². The second-order valence-electron chi connectivity index (χ2n) is 11.3. The SMILES string of the molecule is Cc1ccc2c(c1)[C@]1(C(=O)N2)N2CCC[C@@H]2[C@@H](C(=O)c2ccc3ccccc3c2)[C@@]12C(=O)Nc1ccccc12. The molecule has 2 spiro atoms. The van der Waals surface area contributed by atoms with Crippen molar-refractivity contribution in [1.29, 1.82) is 0 Å². The van der Waals surface area contributed by atoms with Crippen LogP contribution in [0.4, 0.5) is 11.4 Å². The van der Waals surface area contributed by atoms with Gasteiger partial charge in [-0.2, -0.15) is 0 Å². The molecule has 2 N–H and O–H groups in total. The van der Waals surface area contributed by atoms with Gasteiger partial charge in [0.1, 0.15) is 11.0 Å². The Morgan fingerprint density at radius 2 is 1.56 bits per heavy atom. The van der Waals surface area contributed by atoms with E-state index < -0.39 is 16.9 Å². The number of Topliss-reactive ketones (excluding diaryl/α,β-unsaturated/α-hetero) is 1. The first-order valence-corrected chi connectivity index (χ1v) is 13.6. The summed E-state index contributed by atoms with van der Waals surface area (Å²) in [5.41, 5.74) is 1.74. The zero-order chi connectivity index (χ0) is 26.5. The number of hydrogen-bond acceptors (Lipinski definition) is 4. The Bertz CT molecular complexity index is 1760. The molecule has 0 bridgehead atoms. The van der Waals surface area contributed by atoms with Gasteiger partial charge in [-0.1, -0.05) is 72.3 Å². The minimum atomic E-state index is -1.42. The molecule has 0 aliphatic carbocycles. The van der Waals surface area contributed by atoms with Crippen molar-refractivity contribution in [3.05, 3.63) is 107 Å². The number of amides is 2. The molecule has 4 atom stereocenters. The third-order valence-corrected chi connectivity index (χ3v) is 9.57. The van der Waals surface area contributed by atoms with Crippen LogP contribution in [0.25, 0.3) is 10.8 Å². The van der Waals surface area contributed by atoms with E-state index in [1.54, 1.807) is 0 Å². The predicted octanol–water partition coefficient (Wildman–Crippen LogP) is 5.16. The molecule has 2 amide bonds. The van der Waals surface area contributed by atoms with Crippen molar-refractivity contribution in [2.75, 3.05) is 17.2 Å². The molecule has 4 heterocycles. The van der Waals surface area contributed by atoms with E-state index in [-0.39, 0.29) is 23.6 Å². The molecular weight excluding hydrogens is 486 g/mol. The van der Waals surface area contributed by atoms with E-state index in [4.69, 9.17) is 0 Å². The van der Waals surface area contributed by atoms with Crippen molar-refractivity contribution in [2.24, 2.45) is 5.92 Å². The number of aryl methyl sites for hydroxylation is 1. The molecule has 0 unspecified atom stereocenters. The van der Waals surface area contributed by atoms with E-state index in [9.17, 15) is 14.4 Å². The molecule has 39 heavy (non-hydrogen) atoms. The first-order valence-electron chi connectivity index (χ1n) is 13.6. The lowest BCUT2D eigenvalue weighted by atomic mass is 9.57. The number of nitrogens with one attached hydrogen (secondary N) is 2. The fourth-order valence-electron chi connectivity index (χ4n) is 8.21. The highest BCUT2D eigenvalue weighted by Crippen LogP contribution is 2.67. The number of ketones is 1. The Labute approximate surface area is 226 Å². The summed E-state index contributed by atoms with van der Waals surface area (Å²) in [4.78, 5) is 46.1. The molecule has 6 nitrogen and oxygen atoms in total. The number of benzene rings is 4. The Morgan fingerprint density at radius 3 is 2.44 bits per heavy atom. The summed E-state index contributed by atoms with van der Waals surface area (Å²) in [6.07, 6.45) is 1.61. The third kappa shape index (κ3) is 2.58. The Hall–Kier alpha value is -4.29. The normalized spacial score (nSPS) is 28.5. The lowest BCUT2D eigenvalue weighted by molar-refractivity contribution is -0.137. The van der Waals surface area contributed by atoms with Gasteiger partial charge in [0.05, 0.1) is 5.92 Å². The molecular formula is C33H27N3O3. The number of nitrogens with zero attached hydrogens (tertiary/aromatic N) is 1. The van der Waals surface area contributed by atoms with Crippen molar-refractivity contribution >= 4 is 39.7 Å². The van der Waals surface area contributed by atoms with Crippen molar-refractivity contribution in [3.63, 3.8) is 0 Å². The van der Waals surface area contributed by atoms with Crippen LogP contribution in [0.15, 0.2) is 84.9 Å². The van der Waals surface area contributed by atoms with Gasteiger partial charge in [0, 0.05) is 28.5 Å². The fraction of sp³-hybridized carbons (Fsp3) is 0.242. The van der Waals surface area contributed by atoms with Crippen molar-refractivity contribution in [1.82, 2.24) is 4.90 Å². The highest BCUT2D eigenvalue weighted by molar-refractivity contribution is 6.21. The van der Waals surface area contributed by atoms with E-state index in [2.05, 4.69) is 15.5 Å². The quantitative estimate of drug-likeness (QED) is 0.363. The summed E-state index contributed by atoms with van der Waals surface area (Å²) >= 11 is 0. The first-order chi connectivity index (χ1) is 19.0. The number of carbonyl (C=O) groups is 3. The average Bonchev–Trinajstić information content (AvgIpc) is 3.67. The minimum Gasteiger partial charge on any atom is -0.325 e. The maximum absolute atomic E-state index is 14.8.